The van der Waals surface area contributed by atoms with Gasteiger partial charge in [-0.15, -0.1) is 0 Å². The van der Waals surface area contributed by atoms with Crippen LogP contribution in [-0.4, -0.2) is 67.7 Å². The van der Waals surface area contributed by atoms with E-state index in [1.807, 2.05) is 0 Å². The molecule has 1 aromatic carbocycles. The second-order valence-corrected chi connectivity index (χ2v) is 11.4. The van der Waals surface area contributed by atoms with Gasteiger partial charge in [-0.2, -0.15) is 22.3 Å². The first-order chi connectivity index (χ1) is 13.9. The second-order valence-electron chi connectivity index (χ2n) is 9.30. The predicted molar refractivity (Wildman–Crippen MR) is 113 cm³/mol. The van der Waals surface area contributed by atoms with Crippen LogP contribution in [0.2, 0.25) is 0 Å². The largest absolute Gasteiger partial charge is 0.294 e. The molecule has 29 heavy (non-hydrogen) atoms. The summed E-state index contributed by atoms with van der Waals surface area (Å²) in [6.07, 6.45) is 5.34. The third-order valence-electron chi connectivity index (χ3n) is 7.21. The Morgan fingerprint density at radius 1 is 1.17 bits per heavy atom. The lowest BCUT2D eigenvalue weighted by Gasteiger charge is -2.56. The van der Waals surface area contributed by atoms with E-state index in [0.717, 1.165) is 43.7 Å². The molecule has 3 aliphatic rings. The Balaban J connectivity index is 1.29. The van der Waals surface area contributed by atoms with E-state index in [0.29, 0.717) is 19.5 Å². The van der Waals surface area contributed by atoms with Gasteiger partial charge in [0.25, 0.3) is 10.2 Å². The van der Waals surface area contributed by atoms with Crippen molar-refractivity contribution in [2.45, 2.75) is 43.6 Å². The molecule has 158 valence electrons. The lowest BCUT2D eigenvalue weighted by molar-refractivity contribution is -0.0319. The van der Waals surface area contributed by atoms with Gasteiger partial charge in [0.1, 0.15) is 0 Å². The summed E-state index contributed by atoms with van der Waals surface area (Å²) in [4.78, 5) is 2.40. The van der Waals surface area contributed by atoms with Crippen LogP contribution in [0.3, 0.4) is 0 Å². The summed E-state index contributed by atoms with van der Waals surface area (Å²) < 4.78 is 27.5. The van der Waals surface area contributed by atoms with Crippen molar-refractivity contribution >= 4 is 10.2 Å². The molecule has 4 rings (SSSR count). The van der Waals surface area contributed by atoms with Crippen molar-refractivity contribution in [2.24, 2.45) is 11.8 Å². The molecule has 0 amide bonds. The minimum atomic E-state index is -3.39. The van der Waals surface area contributed by atoms with Crippen LogP contribution in [0.5, 0.6) is 0 Å². The van der Waals surface area contributed by atoms with Crippen LogP contribution in [0.25, 0.3) is 0 Å². The van der Waals surface area contributed by atoms with Crippen molar-refractivity contribution in [2.75, 3.05) is 40.3 Å². The quantitative estimate of drug-likeness (QED) is 0.685. The Morgan fingerprint density at radius 3 is 2.41 bits per heavy atom. The summed E-state index contributed by atoms with van der Waals surface area (Å²) in [5.74, 6) is 2.33. The first-order valence-corrected chi connectivity index (χ1v) is 12.1. The average molecular weight is 417 g/mol. The van der Waals surface area contributed by atoms with Gasteiger partial charge in [-0.1, -0.05) is 30.3 Å². The SMILES string of the molecule is CN(C)S(=O)(=O)N1CC(CC#N)(N2CCC(C[C@@H]3CC3c3ccccc3)CC2)C1. The molecule has 3 fully saturated rings. The molecule has 1 saturated carbocycles. The van der Waals surface area contributed by atoms with E-state index < -0.39 is 10.2 Å². The highest BCUT2D eigenvalue weighted by atomic mass is 32.2. The number of piperidine rings is 1. The number of hydrogen-bond donors (Lipinski definition) is 0. The van der Waals surface area contributed by atoms with Gasteiger partial charge in [-0.3, -0.25) is 4.90 Å². The minimum Gasteiger partial charge on any atom is -0.294 e. The van der Waals surface area contributed by atoms with Crippen LogP contribution in [0.1, 0.15) is 43.6 Å². The van der Waals surface area contributed by atoms with Crippen molar-refractivity contribution in [3.05, 3.63) is 35.9 Å². The summed E-state index contributed by atoms with van der Waals surface area (Å²) >= 11 is 0. The molecule has 6 nitrogen and oxygen atoms in total. The Bertz CT molecular complexity index is 851. The maximum atomic E-state index is 12.4. The smallest absolute Gasteiger partial charge is 0.281 e. The van der Waals surface area contributed by atoms with Crippen molar-refractivity contribution < 1.29 is 8.42 Å². The normalized spacial score (nSPS) is 28.1. The minimum absolute atomic E-state index is 0.297. The monoisotopic (exact) mass is 416 g/mol. The molecule has 1 unspecified atom stereocenters. The molecule has 0 spiro atoms. The summed E-state index contributed by atoms with van der Waals surface area (Å²) in [7, 11) is -0.266. The third-order valence-corrected chi connectivity index (χ3v) is 9.04. The molecular weight excluding hydrogens is 384 g/mol. The average Bonchev–Trinajstić information content (AvgIpc) is 3.44. The standard InChI is InChI=1S/C22H32N4O2S/c1-24(2)29(27,28)26-16-22(17-26,10-11-23)25-12-8-18(9-13-25)14-20-15-21(20)19-6-4-3-5-7-19/h3-7,18,20-21H,8-10,12-17H2,1-2H3/t20-,21?/m1/s1. The summed E-state index contributed by atoms with van der Waals surface area (Å²) in [5.41, 5.74) is 1.19. The van der Waals surface area contributed by atoms with Crippen LogP contribution in [0, 0.1) is 23.2 Å². The molecule has 1 aliphatic carbocycles. The molecule has 0 N–H and O–H groups in total. The number of nitriles is 1. The van der Waals surface area contributed by atoms with Gasteiger partial charge in [0.2, 0.25) is 0 Å². The van der Waals surface area contributed by atoms with E-state index in [2.05, 4.69) is 41.3 Å². The van der Waals surface area contributed by atoms with Crippen molar-refractivity contribution in [1.29, 1.82) is 5.26 Å². The molecule has 7 heteroatoms. The number of benzene rings is 1. The van der Waals surface area contributed by atoms with E-state index in [1.165, 1.54) is 27.0 Å². The van der Waals surface area contributed by atoms with Crippen LogP contribution in [0.4, 0.5) is 0 Å². The molecule has 2 saturated heterocycles. The predicted octanol–water partition coefficient (Wildman–Crippen LogP) is 2.67. The Kier molecular flexibility index (Phi) is 5.73. The highest BCUT2D eigenvalue weighted by molar-refractivity contribution is 7.86. The van der Waals surface area contributed by atoms with Gasteiger partial charge in [0, 0.05) is 27.2 Å². The number of likely N-dealkylation sites (tertiary alicyclic amines) is 1. The number of rotatable bonds is 7. The van der Waals surface area contributed by atoms with Crippen molar-refractivity contribution in [3.8, 4) is 6.07 Å². The zero-order chi connectivity index (χ0) is 20.6. The summed E-state index contributed by atoms with van der Waals surface area (Å²) in [6, 6.07) is 13.2. The summed E-state index contributed by atoms with van der Waals surface area (Å²) in [6.45, 7) is 2.82. The van der Waals surface area contributed by atoms with Gasteiger partial charge < -0.3 is 0 Å². The zero-order valence-corrected chi connectivity index (χ0v) is 18.3. The molecule has 0 aromatic heterocycles. The van der Waals surface area contributed by atoms with E-state index in [9.17, 15) is 13.7 Å². The molecular formula is C22H32N4O2S. The molecule has 0 bridgehead atoms. The number of nitrogens with zero attached hydrogens (tertiary/aromatic N) is 4. The fourth-order valence-electron chi connectivity index (χ4n) is 5.26. The fraction of sp³-hybridized carbons (Fsp3) is 0.682. The highest BCUT2D eigenvalue weighted by Gasteiger charge is 2.52. The van der Waals surface area contributed by atoms with Gasteiger partial charge in [0.15, 0.2) is 0 Å². The Morgan fingerprint density at radius 2 is 1.83 bits per heavy atom. The Hall–Kier alpha value is -1.46. The molecule has 2 atom stereocenters. The third kappa shape index (κ3) is 4.09. The van der Waals surface area contributed by atoms with Crippen LogP contribution in [0.15, 0.2) is 30.3 Å². The number of hydrogen-bond acceptors (Lipinski definition) is 4. The van der Waals surface area contributed by atoms with Gasteiger partial charge in [0.05, 0.1) is 18.0 Å². The fourth-order valence-corrected chi connectivity index (χ4v) is 6.53. The van der Waals surface area contributed by atoms with Crippen molar-refractivity contribution in [1.82, 2.24) is 13.5 Å². The summed E-state index contributed by atoms with van der Waals surface area (Å²) in [5, 5.41) is 9.36. The van der Waals surface area contributed by atoms with Crippen LogP contribution < -0.4 is 0 Å². The topological polar surface area (TPSA) is 67.6 Å². The maximum Gasteiger partial charge on any atom is 0.281 e. The van der Waals surface area contributed by atoms with E-state index >= 15 is 0 Å². The maximum absolute atomic E-state index is 12.4. The van der Waals surface area contributed by atoms with Gasteiger partial charge >= 0.3 is 0 Å². The molecule has 0 radical (unpaired) electrons. The van der Waals surface area contributed by atoms with Crippen LogP contribution >= 0.6 is 0 Å². The van der Waals surface area contributed by atoms with Gasteiger partial charge in [-0.25, -0.2) is 0 Å². The van der Waals surface area contributed by atoms with Crippen molar-refractivity contribution in [3.63, 3.8) is 0 Å². The Labute approximate surface area is 175 Å². The van der Waals surface area contributed by atoms with E-state index in [1.54, 1.807) is 14.1 Å². The van der Waals surface area contributed by atoms with E-state index in [-0.39, 0.29) is 5.54 Å². The molecule has 2 heterocycles. The first-order valence-electron chi connectivity index (χ1n) is 10.7. The lowest BCUT2D eigenvalue weighted by atomic mass is 9.82. The second kappa shape index (κ2) is 7.99. The molecule has 1 aromatic rings. The molecule has 2 aliphatic heterocycles. The first kappa shape index (κ1) is 20.8. The lowest BCUT2D eigenvalue weighted by Crippen LogP contribution is -2.72. The van der Waals surface area contributed by atoms with Gasteiger partial charge in [-0.05, 0) is 62.1 Å². The highest BCUT2D eigenvalue weighted by Crippen LogP contribution is 2.52. The van der Waals surface area contributed by atoms with Crippen LogP contribution in [-0.2, 0) is 10.2 Å². The zero-order valence-electron chi connectivity index (χ0n) is 17.5. The van der Waals surface area contributed by atoms with E-state index in [4.69, 9.17) is 0 Å².